The highest BCUT2D eigenvalue weighted by atomic mass is 32.2. The van der Waals surface area contributed by atoms with Crippen molar-refractivity contribution in [2.45, 2.75) is 19.1 Å². The molecule has 0 amide bonds. The lowest BCUT2D eigenvalue weighted by Gasteiger charge is -1.99. The van der Waals surface area contributed by atoms with E-state index in [1.165, 1.54) is 18.2 Å². The maximum Gasteiger partial charge on any atom is 0.264 e. The summed E-state index contributed by atoms with van der Waals surface area (Å²) in [7, 11) is 0. The van der Waals surface area contributed by atoms with Crippen molar-refractivity contribution in [3.63, 3.8) is 0 Å². The summed E-state index contributed by atoms with van der Waals surface area (Å²) in [5.74, 6) is 1.36. The standard InChI is InChI=1S/C12H13FN2O2S/c1-2-6-18-7-10-14-12(17-15-10)11-8(13)4-3-5-9(11)16/h3-5,16H,2,6-7H2,1H3. The molecule has 0 bridgehead atoms. The summed E-state index contributed by atoms with van der Waals surface area (Å²) < 4.78 is 18.5. The molecule has 0 saturated carbocycles. The van der Waals surface area contributed by atoms with Gasteiger partial charge in [-0.1, -0.05) is 18.1 Å². The van der Waals surface area contributed by atoms with E-state index in [4.69, 9.17) is 4.52 Å². The van der Waals surface area contributed by atoms with Crippen molar-refractivity contribution in [2.75, 3.05) is 5.75 Å². The summed E-state index contributed by atoms with van der Waals surface area (Å²) in [4.78, 5) is 4.08. The average molecular weight is 268 g/mol. The fourth-order valence-electron chi connectivity index (χ4n) is 1.45. The van der Waals surface area contributed by atoms with Crippen molar-refractivity contribution in [2.24, 2.45) is 0 Å². The van der Waals surface area contributed by atoms with Gasteiger partial charge < -0.3 is 9.63 Å². The number of benzene rings is 1. The Hall–Kier alpha value is -1.56. The number of rotatable bonds is 5. The molecule has 6 heteroatoms. The second kappa shape index (κ2) is 5.86. The molecule has 0 spiro atoms. The van der Waals surface area contributed by atoms with Crippen LogP contribution in [0.15, 0.2) is 22.7 Å². The first-order valence-electron chi connectivity index (χ1n) is 5.60. The van der Waals surface area contributed by atoms with Gasteiger partial charge in [-0.2, -0.15) is 16.7 Å². The molecule has 0 aliphatic carbocycles. The van der Waals surface area contributed by atoms with Crippen molar-refractivity contribution in [3.8, 4) is 17.2 Å². The number of thioether (sulfide) groups is 1. The van der Waals surface area contributed by atoms with Gasteiger partial charge in [0.15, 0.2) is 5.82 Å². The van der Waals surface area contributed by atoms with Crippen LogP contribution in [-0.4, -0.2) is 21.0 Å². The van der Waals surface area contributed by atoms with Gasteiger partial charge in [-0.3, -0.25) is 0 Å². The van der Waals surface area contributed by atoms with E-state index < -0.39 is 5.82 Å². The number of nitrogens with zero attached hydrogens (tertiary/aromatic N) is 2. The molecular formula is C12H13FN2O2S. The van der Waals surface area contributed by atoms with Crippen LogP contribution in [0, 0.1) is 5.82 Å². The van der Waals surface area contributed by atoms with E-state index in [1.54, 1.807) is 11.8 Å². The van der Waals surface area contributed by atoms with Crippen LogP contribution in [0.3, 0.4) is 0 Å². The summed E-state index contributed by atoms with van der Waals surface area (Å²) in [5.41, 5.74) is -0.0447. The summed E-state index contributed by atoms with van der Waals surface area (Å²) in [6, 6.07) is 4.04. The van der Waals surface area contributed by atoms with Crippen molar-refractivity contribution < 1.29 is 14.0 Å². The smallest absolute Gasteiger partial charge is 0.264 e. The lowest BCUT2D eigenvalue weighted by Crippen LogP contribution is -1.87. The van der Waals surface area contributed by atoms with Crippen LogP contribution in [0.5, 0.6) is 5.75 Å². The first-order chi connectivity index (χ1) is 8.72. The number of aromatic nitrogens is 2. The number of phenols is 1. The van der Waals surface area contributed by atoms with Crippen LogP contribution in [0.1, 0.15) is 19.2 Å². The summed E-state index contributed by atoms with van der Waals surface area (Å²) >= 11 is 1.68. The largest absolute Gasteiger partial charge is 0.507 e. The van der Waals surface area contributed by atoms with E-state index in [0.29, 0.717) is 11.6 Å². The lowest BCUT2D eigenvalue weighted by atomic mass is 10.2. The molecule has 0 radical (unpaired) electrons. The van der Waals surface area contributed by atoms with Crippen LogP contribution in [-0.2, 0) is 5.75 Å². The molecule has 0 fully saturated rings. The van der Waals surface area contributed by atoms with Gasteiger partial charge >= 0.3 is 0 Å². The van der Waals surface area contributed by atoms with Crippen LogP contribution in [0.25, 0.3) is 11.5 Å². The zero-order chi connectivity index (χ0) is 13.0. The Kier molecular flexibility index (Phi) is 4.19. The van der Waals surface area contributed by atoms with Crippen LogP contribution in [0.4, 0.5) is 4.39 Å². The molecule has 18 heavy (non-hydrogen) atoms. The minimum Gasteiger partial charge on any atom is -0.507 e. The molecule has 0 atom stereocenters. The average Bonchev–Trinajstić information content (AvgIpc) is 2.78. The number of phenolic OH excluding ortho intramolecular Hbond substituents is 1. The zero-order valence-corrected chi connectivity index (χ0v) is 10.7. The molecular weight excluding hydrogens is 255 g/mol. The van der Waals surface area contributed by atoms with Crippen LogP contribution >= 0.6 is 11.8 Å². The number of aromatic hydroxyl groups is 1. The molecule has 1 aromatic heterocycles. The topological polar surface area (TPSA) is 59.2 Å². The molecule has 0 saturated heterocycles. The van der Waals surface area contributed by atoms with Crippen LogP contribution < -0.4 is 0 Å². The molecule has 96 valence electrons. The monoisotopic (exact) mass is 268 g/mol. The van der Waals surface area contributed by atoms with Crippen molar-refractivity contribution in [3.05, 3.63) is 29.8 Å². The first kappa shape index (κ1) is 12.9. The van der Waals surface area contributed by atoms with Gasteiger partial charge in [0.1, 0.15) is 17.1 Å². The van der Waals surface area contributed by atoms with Crippen LogP contribution in [0.2, 0.25) is 0 Å². The Morgan fingerprint density at radius 3 is 3.00 bits per heavy atom. The fourth-order valence-corrected chi connectivity index (χ4v) is 2.18. The van der Waals surface area contributed by atoms with Gasteiger partial charge in [-0.25, -0.2) is 4.39 Å². The summed E-state index contributed by atoms with van der Waals surface area (Å²) in [6.45, 7) is 2.09. The van der Waals surface area contributed by atoms with E-state index in [9.17, 15) is 9.50 Å². The molecule has 0 aliphatic heterocycles. The third kappa shape index (κ3) is 2.81. The molecule has 1 N–H and O–H groups in total. The Morgan fingerprint density at radius 2 is 2.28 bits per heavy atom. The summed E-state index contributed by atoms with van der Waals surface area (Å²) in [5, 5.41) is 13.4. The molecule has 2 aromatic rings. The maximum atomic E-state index is 13.6. The first-order valence-corrected chi connectivity index (χ1v) is 6.76. The van der Waals surface area contributed by atoms with E-state index in [0.717, 1.165) is 12.2 Å². The predicted octanol–water partition coefficient (Wildman–Crippen LogP) is 3.22. The van der Waals surface area contributed by atoms with Crippen molar-refractivity contribution in [1.82, 2.24) is 10.1 Å². The second-order valence-electron chi connectivity index (χ2n) is 3.70. The van der Waals surface area contributed by atoms with Gasteiger partial charge in [0.05, 0.1) is 5.75 Å². The highest BCUT2D eigenvalue weighted by Gasteiger charge is 2.17. The van der Waals surface area contributed by atoms with E-state index in [-0.39, 0.29) is 17.2 Å². The minimum atomic E-state index is -0.577. The number of hydrogen-bond donors (Lipinski definition) is 1. The molecule has 1 heterocycles. The molecule has 4 nitrogen and oxygen atoms in total. The Balaban J connectivity index is 2.19. The molecule has 2 rings (SSSR count). The van der Waals surface area contributed by atoms with Gasteiger partial charge in [0, 0.05) is 0 Å². The number of hydrogen-bond acceptors (Lipinski definition) is 5. The normalized spacial score (nSPS) is 10.8. The zero-order valence-electron chi connectivity index (χ0n) is 9.89. The van der Waals surface area contributed by atoms with Crippen molar-refractivity contribution >= 4 is 11.8 Å². The highest BCUT2D eigenvalue weighted by Crippen LogP contribution is 2.30. The Labute approximate surface area is 108 Å². The number of halogens is 1. The Bertz CT molecular complexity index is 510. The third-order valence-corrected chi connectivity index (χ3v) is 3.41. The quantitative estimate of drug-likeness (QED) is 0.844. The second-order valence-corrected chi connectivity index (χ2v) is 4.81. The predicted molar refractivity (Wildman–Crippen MR) is 67.8 cm³/mol. The van der Waals surface area contributed by atoms with Gasteiger partial charge in [-0.05, 0) is 24.3 Å². The summed E-state index contributed by atoms with van der Waals surface area (Å²) in [6.07, 6.45) is 1.07. The van der Waals surface area contributed by atoms with E-state index in [1.807, 2.05) is 0 Å². The third-order valence-electron chi connectivity index (χ3n) is 2.25. The van der Waals surface area contributed by atoms with Gasteiger partial charge in [0.2, 0.25) is 0 Å². The molecule has 0 unspecified atom stereocenters. The minimum absolute atomic E-state index is 0.0118. The fraction of sp³-hybridized carbons (Fsp3) is 0.333. The maximum absolute atomic E-state index is 13.6. The Morgan fingerprint density at radius 1 is 1.44 bits per heavy atom. The van der Waals surface area contributed by atoms with E-state index >= 15 is 0 Å². The molecule has 1 aromatic carbocycles. The molecule has 0 aliphatic rings. The van der Waals surface area contributed by atoms with E-state index in [2.05, 4.69) is 17.1 Å². The highest BCUT2D eigenvalue weighted by molar-refractivity contribution is 7.98. The van der Waals surface area contributed by atoms with Gasteiger partial charge in [-0.15, -0.1) is 0 Å². The lowest BCUT2D eigenvalue weighted by molar-refractivity contribution is 0.415. The SMILES string of the molecule is CCCSCc1noc(-c2c(O)cccc2F)n1. The van der Waals surface area contributed by atoms with Crippen molar-refractivity contribution in [1.29, 1.82) is 0 Å². The van der Waals surface area contributed by atoms with Gasteiger partial charge in [0.25, 0.3) is 5.89 Å².